The predicted molar refractivity (Wildman–Crippen MR) is 97.2 cm³/mol. The van der Waals surface area contributed by atoms with Crippen molar-refractivity contribution in [3.8, 4) is 5.69 Å². The number of anilines is 1. The average Bonchev–Trinajstić information content (AvgIpc) is 2.98. The molecule has 3 aromatic rings. The summed E-state index contributed by atoms with van der Waals surface area (Å²) in [5.41, 5.74) is 2.91. The topological polar surface area (TPSA) is 46.9 Å². The molecule has 140 valence electrons. The molecule has 1 aromatic heterocycles. The molecule has 1 N–H and O–H groups in total. The number of halogens is 3. The zero-order valence-corrected chi connectivity index (χ0v) is 15.1. The molecule has 0 aliphatic carbocycles. The van der Waals surface area contributed by atoms with Crippen molar-refractivity contribution in [1.82, 2.24) is 9.78 Å². The van der Waals surface area contributed by atoms with Gasteiger partial charge in [0.15, 0.2) is 0 Å². The summed E-state index contributed by atoms with van der Waals surface area (Å²) in [7, 11) is 0. The quantitative estimate of drug-likeness (QED) is 0.697. The van der Waals surface area contributed by atoms with E-state index in [-0.39, 0.29) is 11.6 Å². The van der Waals surface area contributed by atoms with Crippen LogP contribution in [0.3, 0.4) is 0 Å². The highest BCUT2D eigenvalue weighted by molar-refractivity contribution is 6.05. The van der Waals surface area contributed by atoms with Crippen molar-refractivity contribution >= 4 is 11.6 Å². The van der Waals surface area contributed by atoms with Crippen LogP contribution < -0.4 is 5.32 Å². The molecule has 0 radical (unpaired) electrons. The van der Waals surface area contributed by atoms with Crippen molar-refractivity contribution in [3.05, 3.63) is 76.6 Å². The molecule has 3 rings (SSSR count). The zero-order valence-electron chi connectivity index (χ0n) is 15.1. The maximum atomic E-state index is 12.9. The summed E-state index contributed by atoms with van der Waals surface area (Å²) in [6, 6.07) is 10.5. The molecule has 7 heteroatoms. The van der Waals surface area contributed by atoms with Gasteiger partial charge in [-0.15, -0.1) is 0 Å². The van der Waals surface area contributed by atoms with Crippen LogP contribution in [-0.4, -0.2) is 15.7 Å². The Balaban J connectivity index is 1.90. The molecule has 0 fully saturated rings. The molecule has 27 heavy (non-hydrogen) atoms. The Hall–Kier alpha value is -3.09. The van der Waals surface area contributed by atoms with Crippen LogP contribution in [0.25, 0.3) is 5.69 Å². The van der Waals surface area contributed by atoms with E-state index in [9.17, 15) is 18.0 Å². The van der Waals surface area contributed by atoms with Gasteiger partial charge in [-0.2, -0.15) is 18.3 Å². The maximum Gasteiger partial charge on any atom is 0.416 e. The van der Waals surface area contributed by atoms with Gasteiger partial charge in [0, 0.05) is 5.69 Å². The molecule has 0 unspecified atom stereocenters. The van der Waals surface area contributed by atoms with Gasteiger partial charge in [0.05, 0.1) is 28.7 Å². The fraction of sp³-hybridized carbons (Fsp3) is 0.200. The number of carbonyl (C=O) groups is 1. The van der Waals surface area contributed by atoms with Crippen molar-refractivity contribution < 1.29 is 18.0 Å². The van der Waals surface area contributed by atoms with Crippen molar-refractivity contribution in [1.29, 1.82) is 0 Å². The molecule has 1 amide bonds. The highest BCUT2D eigenvalue weighted by Crippen LogP contribution is 2.30. The summed E-state index contributed by atoms with van der Waals surface area (Å²) in [5, 5.41) is 6.92. The first kappa shape index (κ1) is 18.7. The SMILES string of the molecule is Cc1ccc(NC(=O)c2cnn(-c3cccc(C(F)(F)F)c3)c2C)c(C)c1. The second kappa shape index (κ2) is 6.90. The molecule has 4 nitrogen and oxygen atoms in total. The van der Waals surface area contributed by atoms with E-state index in [1.165, 1.54) is 23.0 Å². The van der Waals surface area contributed by atoms with Crippen LogP contribution in [0, 0.1) is 20.8 Å². The van der Waals surface area contributed by atoms with Crippen LogP contribution in [0.2, 0.25) is 0 Å². The van der Waals surface area contributed by atoms with E-state index < -0.39 is 11.7 Å². The van der Waals surface area contributed by atoms with Gasteiger partial charge < -0.3 is 5.32 Å². The molecule has 0 aliphatic heterocycles. The minimum atomic E-state index is -4.44. The highest BCUT2D eigenvalue weighted by Gasteiger charge is 2.30. The molecule has 0 aliphatic rings. The van der Waals surface area contributed by atoms with E-state index in [0.717, 1.165) is 23.3 Å². The van der Waals surface area contributed by atoms with E-state index in [4.69, 9.17) is 0 Å². The summed E-state index contributed by atoms with van der Waals surface area (Å²) >= 11 is 0. The summed E-state index contributed by atoms with van der Waals surface area (Å²) in [6.45, 7) is 5.49. The first-order chi connectivity index (χ1) is 12.7. The largest absolute Gasteiger partial charge is 0.416 e. The van der Waals surface area contributed by atoms with Gasteiger partial charge in [0.25, 0.3) is 5.91 Å². The number of aryl methyl sites for hydroxylation is 2. The number of amides is 1. The number of hydrogen-bond donors (Lipinski definition) is 1. The second-order valence-corrected chi connectivity index (χ2v) is 6.38. The molecule has 0 saturated heterocycles. The number of alkyl halides is 3. The first-order valence-corrected chi connectivity index (χ1v) is 8.27. The molecule has 2 aromatic carbocycles. The molecule has 0 atom stereocenters. The monoisotopic (exact) mass is 373 g/mol. The van der Waals surface area contributed by atoms with Crippen molar-refractivity contribution in [2.24, 2.45) is 0 Å². The Labute approximate surface area is 154 Å². The first-order valence-electron chi connectivity index (χ1n) is 8.27. The predicted octanol–water partition coefficient (Wildman–Crippen LogP) is 5.07. The van der Waals surface area contributed by atoms with E-state index in [2.05, 4.69) is 10.4 Å². The van der Waals surface area contributed by atoms with Crippen LogP contribution in [0.15, 0.2) is 48.7 Å². The number of nitrogens with one attached hydrogen (secondary N) is 1. The van der Waals surface area contributed by atoms with E-state index >= 15 is 0 Å². The number of benzene rings is 2. The molecule has 0 saturated carbocycles. The maximum absolute atomic E-state index is 12.9. The summed E-state index contributed by atoms with van der Waals surface area (Å²) < 4.78 is 40.1. The number of aromatic nitrogens is 2. The number of hydrogen-bond acceptors (Lipinski definition) is 2. The third-order valence-corrected chi connectivity index (χ3v) is 4.30. The van der Waals surface area contributed by atoms with Crippen molar-refractivity contribution in [2.45, 2.75) is 26.9 Å². The van der Waals surface area contributed by atoms with Gasteiger partial charge in [0.2, 0.25) is 0 Å². The second-order valence-electron chi connectivity index (χ2n) is 6.38. The Morgan fingerprint density at radius 1 is 1.07 bits per heavy atom. The van der Waals surface area contributed by atoms with Crippen molar-refractivity contribution in [3.63, 3.8) is 0 Å². The number of carbonyl (C=O) groups excluding carboxylic acids is 1. The summed E-state index contributed by atoms with van der Waals surface area (Å²) in [5.74, 6) is -0.363. The van der Waals surface area contributed by atoms with Crippen LogP contribution in [0.4, 0.5) is 18.9 Å². The van der Waals surface area contributed by atoms with Crippen LogP contribution in [0.5, 0.6) is 0 Å². The molecule has 0 spiro atoms. The average molecular weight is 373 g/mol. The minimum absolute atomic E-state index is 0.243. The smallest absolute Gasteiger partial charge is 0.322 e. The lowest BCUT2D eigenvalue weighted by atomic mass is 10.1. The molecule has 0 bridgehead atoms. The van der Waals surface area contributed by atoms with Gasteiger partial charge in [-0.1, -0.05) is 23.8 Å². The molecular formula is C20H18F3N3O. The fourth-order valence-corrected chi connectivity index (χ4v) is 2.85. The lowest BCUT2D eigenvalue weighted by Crippen LogP contribution is -2.14. The summed E-state index contributed by atoms with van der Waals surface area (Å²) in [4.78, 5) is 12.6. The lowest BCUT2D eigenvalue weighted by Gasteiger charge is -2.11. The van der Waals surface area contributed by atoms with Gasteiger partial charge >= 0.3 is 6.18 Å². The van der Waals surface area contributed by atoms with Crippen LogP contribution in [-0.2, 0) is 6.18 Å². The zero-order chi connectivity index (χ0) is 19.8. The Kier molecular flexibility index (Phi) is 4.78. The minimum Gasteiger partial charge on any atom is -0.322 e. The van der Waals surface area contributed by atoms with Crippen LogP contribution in [0.1, 0.15) is 32.7 Å². The van der Waals surface area contributed by atoms with E-state index in [0.29, 0.717) is 16.9 Å². The van der Waals surface area contributed by atoms with Gasteiger partial charge in [-0.05, 0) is 50.6 Å². The standard InChI is InChI=1S/C20H18F3N3O/c1-12-7-8-18(13(2)9-12)25-19(27)17-11-24-26(14(17)3)16-6-4-5-15(10-16)20(21,22)23/h4-11H,1-3H3,(H,25,27). The molecular weight excluding hydrogens is 355 g/mol. The highest BCUT2D eigenvalue weighted by atomic mass is 19.4. The summed E-state index contributed by atoms with van der Waals surface area (Å²) in [6.07, 6.45) is -3.09. The van der Waals surface area contributed by atoms with Gasteiger partial charge in [0.1, 0.15) is 0 Å². The normalized spacial score (nSPS) is 11.5. The Morgan fingerprint density at radius 2 is 1.81 bits per heavy atom. The number of nitrogens with zero attached hydrogens (tertiary/aromatic N) is 2. The van der Waals surface area contributed by atoms with E-state index in [1.54, 1.807) is 6.92 Å². The Bertz CT molecular complexity index is 1010. The Morgan fingerprint density at radius 3 is 2.48 bits per heavy atom. The fourth-order valence-electron chi connectivity index (χ4n) is 2.85. The number of rotatable bonds is 3. The van der Waals surface area contributed by atoms with Gasteiger partial charge in [-0.3, -0.25) is 4.79 Å². The van der Waals surface area contributed by atoms with E-state index in [1.807, 2.05) is 32.0 Å². The third kappa shape index (κ3) is 3.86. The molecule has 1 heterocycles. The van der Waals surface area contributed by atoms with Gasteiger partial charge in [-0.25, -0.2) is 4.68 Å². The lowest BCUT2D eigenvalue weighted by molar-refractivity contribution is -0.137. The third-order valence-electron chi connectivity index (χ3n) is 4.30. The van der Waals surface area contributed by atoms with Crippen molar-refractivity contribution in [2.75, 3.05) is 5.32 Å². The van der Waals surface area contributed by atoms with Crippen LogP contribution >= 0.6 is 0 Å².